The Kier molecular flexibility index (Phi) is 2.33. The van der Waals surface area contributed by atoms with Gasteiger partial charge in [-0.25, -0.2) is 9.50 Å². The maximum Gasteiger partial charge on any atom is 0.214 e. The third-order valence-corrected chi connectivity index (χ3v) is 3.30. The van der Waals surface area contributed by atoms with Crippen LogP contribution in [0.4, 0.5) is 10.8 Å². The highest BCUT2D eigenvalue weighted by Gasteiger charge is 2.05. The summed E-state index contributed by atoms with van der Waals surface area (Å²) in [5.74, 6) is 0. The molecule has 2 aromatic heterocycles. The van der Waals surface area contributed by atoms with Crippen LogP contribution in [-0.2, 0) is 0 Å². The van der Waals surface area contributed by atoms with E-state index in [2.05, 4.69) is 34.5 Å². The molecule has 17 heavy (non-hydrogen) atoms. The maximum absolute atomic E-state index is 4.41. The Bertz CT molecular complexity index is 619. The van der Waals surface area contributed by atoms with E-state index in [-0.39, 0.29) is 0 Å². The molecular weight excluding hydrogens is 232 g/mol. The third kappa shape index (κ3) is 2.01. The van der Waals surface area contributed by atoms with Crippen LogP contribution in [0.15, 0.2) is 30.5 Å². The van der Waals surface area contributed by atoms with Gasteiger partial charge in [-0.15, -0.1) is 5.10 Å². The van der Waals surface area contributed by atoms with E-state index in [9.17, 15) is 0 Å². The number of fused-ring (bicyclic) bond motifs is 1. The minimum absolute atomic E-state index is 0.858. The number of imidazole rings is 1. The highest BCUT2D eigenvalue weighted by atomic mass is 32.1. The molecule has 0 unspecified atom stereocenters. The number of aromatic nitrogens is 3. The molecule has 0 aliphatic heterocycles. The molecule has 0 amide bonds. The predicted octanol–water partition coefficient (Wildman–Crippen LogP) is 3.15. The number of anilines is 2. The summed E-state index contributed by atoms with van der Waals surface area (Å²) in [6.45, 7) is 4.04. The first-order valence-corrected chi connectivity index (χ1v) is 6.19. The largest absolute Gasteiger partial charge is 0.330 e. The maximum atomic E-state index is 4.41. The van der Waals surface area contributed by atoms with Crippen molar-refractivity contribution in [2.24, 2.45) is 0 Å². The lowest BCUT2D eigenvalue weighted by Gasteiger charge is -2.01. The van der Waals surface area contributed by atoms with Crippen molar-refractivity contribution in [1.29, 1.82) is 0 Å². The van der Waals surface area contributed by atoms with E-state index < -0.39 is 0 Å². The minimum Gasteiger partial charge on any atom is -0.330 e. The van der Waals surface area contributed by atoms with Gasteiger partial charge in [0.2, 0.25) is 10.1 Å². The van der Waals surface area contributed by atoms with Gasteiger partial charge in [0.05, 0.1) is 11.9 Å². The number of nitrogens with zero attached hydrogens (tertiary/aromatic N) is 3. The first kappa shape index (κ1) is 10.3. The van der Waals surface area contributed by atoms with Crippen LogP contribution in [0, 0.1) is 13.8 Å². The molecule has 2 heterocycles. The molecule has 0 aliphatic carbocycles. The zero-order valence-electron chi connectivity index (χ0n) is 9.64. The van der Waals surface area contributed by atoms with Crippen molar-refractivity contribution in [2.75, 3.05) is 5.32 Å². The lowest BCUT2D eigenvalue weighted by Crippen LogP contribution is -1.90. The van der Waals surface area contributed by atoms with E-state index in [4.69, 9.17) is 0 Å². The normalized spacial score (nSPS) is 10.9. The summed E-state index contributed by atoms with van der Waals surface area (Å²) in [4.78, 5) is 5.28. The Morgan fingerprint density at radius 1 is 1.18 bits per heavy atom. The Balaban J connectivity index is 1.89. The average molecular weight is 244 g/mol. The Hall–Kier alpha value is -1.88. The topological polar surface area (TPSA) is 42.2 Å². The SMILES string of the molecule is Cc1ccc(Nc2nn3cc(C)nc3s2)cc1. The molecule has 4 nitrogen and oxygen atoms in total. The van der Waals surface area contributed by atoms with Gasteiger partial charge in [-0.2, -0.15) is 0 Å². The number of hydrogen-bond acceptors (Lipinski definition) is 4. The fourth-order valence-corrected chi connectivity index (χ4v) is 2.47. The number of benzene rings is 1. The molecule has 1 N–H and O–H groups in total. The average Bonchev–Trinajstić information content (AvgIpc) is 2.78. The zero-order chi connectivity index (χ0) is 11.8. The molecule has 0 spiro atoms. The van der Waals surface area contributed by atoms with Crippen LogP contribution in [0.25, 0.3) is 4.96 Å². The van der Waals surface area contributed by atoms with Gasteiger partial charge >= 0.3 is 0 Å². The molecule has 3 aromatic rings. The van der Waals surface area contributed by atoms with E-state index in [1.165, 1.54) is 5.56 Å². The van der Waals surface area contributed by atoms with E-state index in [0.29, 0.717) is 0 Å². The van der Waals surface area contributed by atoms with E-state index in [0.717, 1.165) is 21.5 Å². The molecule has 0 saturated heterocycles. The fraction of sp³-hybridized carbons (Fsp3) is 0.167. The van der Waals surface area contributed by atoms with Gasteiger partial charge in [0.1, 0.15) is 0 Å². The fourth-order valence-electron chi connectivity index (χ4n) is 1.62. The van der Waals surface area contributed by atoms with Crippen LogP contribution in [0.2, 0.25) is 0 Å². The van der Waals surface area contributed by atoms with Gasteiger partial charge in [0.15, 0.2) is 0 Å². The molecule has 3 rings (SSSR count). The Morgan fingerprint density at radius 3 is 2.65 bits per heavy atom. The van der Waals surface area contributed by atoms with E-state index >= 15 is 0 Å². The monoisotopic (exact) mass is 244 g/mol. The molecule has 0 radical (unpaired) electrons. The quantitative estimate of drug-likeness (QED) is 0.753. The second-order valence-electron chi connectivity index (χ2n) is 4.01. The third-order valence-electron chi connectivity index (χ3n) is 2.47. The van der Waals surface area contributed by atoms with Gasteiger partial charge in [-0.3, -0.25) is 0 Å². The molecule has 0 atom stereocenters. The second kappa shape index (κ2) is 3.85. The Morgan fingerprint density at radius 2 is 1.94 bits per heavy atom. The second-order valence-corrected chi connectivity index (χ2v) is 4.96. The van der Waals surface area contributed by atoms with Gasteiger partial charge < -0.3 is 5.32 Å². The summed E-state index contributed by atoms with van der Waals surface area (Å²) in [6, 6.07) is 8.24. The van der Waals surface area contributed by atoms with Crippen molar-refractivity contribution in [1.82, 2.24) is 14.6 Å². The van der Waals surface area contributed by atoms with E-state index in [1.807, 2.05) is 25.3 Å². The molecule has 0 saturated carbocycles. The molecule has 0 fully saturated rings. The van der Waals surface area contributed by atoms with Crippen molar-refractivity contribution in [3.05, 3.63) is 41.7 Å². The van der Waals surface area contributed by atoms with Gasteiger partial charge in [-0.05, 0) is 26.0 Å². The zero-order valence-corrected chi connectivity index (χ0v) is 10.5. The Labute approximate surface area is 103 Å². The molecule has 0 bridgehead atoms. The number of hydrogen-bond donors (Lipinski definition) is 1. The summed E-state index contributed by atoms with van der Waals surface area (Å²) < 4.78 is 1.80. The van der Waals surface area contributed by atoms with Crippen LogP contribution in [0.3, 0.4) is 0 Å². The molecule has 5 heteroatoms. The number of aryl methyl sites for hydroxylation is 2. The highest BCUT2D eigenvalue weighted by molar-refractivity contribution is 7.20. The van der Waals surface area contributed by atoms with Crippen molar-refractivity contribution >= 4 is 27.1 Å². The van der Waals surface area contributed by atoms with Crippen LogP contribution < -0.4 is 5.32 Å². The first-order valence-electron chi connectivity index (χ1n) is 5.37. The molecular formula is C12H12N4S. The summed E-state index contributed by atoms with van der Waals surface area (Å²) in [5, 5.41) is 8.54. The summed E-state index contributed by atoms with van der Waals surface area (Å²) in [7, 11) is 0. The lowest BCUT2D eigenvalue weighted by atomic mass is 10.2. The van der Waals surface area contributed by atoms with Crippen LogP contribution in [0.5, 0.6) is 0 Å². The molecule has 1 aromatic carbocycles. The minimum atomic E-state index is 0.858. The van der Waals surface area contributed by atoms with Crippen molar-refractivity contribution in [2.45, 2.75) is 13.8 Å². The summed E-state index contributed by atoms with van der Waals surface area (Å²) in [6.07, 6.45) is 1.92. The molecule has 86 valence electrons. The van der Waals surface area contributed by atoms with Crippen molar-refractivity contribution in [3.8, 4) is 0 Å². The summed E-state index contributed by atoms with van der Waals surface area (Å²) in [5.41, 5.74) is 3.29. The lowest BCUT2D eigenvalue weighted by molar-refractivity contribution is 0.975. The van der Waals surface area contributed by atoms with Crippen molar-refractivity contribution < 1.29 is 0 Å². The highest BCUT2D eigenvalue weighted by Crippen LogP contribution is 2.23. The predicted molar refractivity (Wildman–Crippen MR) is 70.1 cm³/mol. The van der Waals surface area contributed by atoms with Crippen LogP contribution >= 0.6 is 11.3 Å². The summed E-state index contributed by atoms with van der Waals surface area (Å²) >= 11 is 1.55. The van der Waals surface area contributed by atoms with Crippen LogP contribution in [0.1, 0.15) is 11.3 Å². The van der Waals surface area contributed by atoms with E-state index in [1.54, 1.807) is 15.9 Å². The number of nitrogens with one attached hydrogen (secondary N) is 1. The smallest absolute Gasteiger partial charge is 0.214 e. The molecule has 0 aliphatic rings. The number of rotatable bonds is 2. The van der Waals surface area contributed by atoms with Gasteiger partial charge in [0.25, 0.3) is 0 Å². The van der Waals surface area contributed by atoms with Crippen molar-refractivity contribution in [3.63, 3.8) is 0 Å². The van der Waals surface area contributed by atoms with Gasteiger partial charge in [-0.1, -0.05) is 29.0 Å². The standard InChI is InChI=1S/C12H12N4S/c1-8-3-5-10(6-4-8)14-11-15-16-7-9(2)13-12(16)17-11/h3-7H,1-2H3,(H,14,15). The van der Waals surface area contributed by atoms with Crippen LogP contribution in [-0.4, -0.2) is 14.6 Å². The van der Waals surface area contributed by atoms with Gasteiger partial charge in [0, 0.05) is 5.69 Å². The first-order chi connectivity index (χ1) is 8.20.